The minimum atomic E-state index is 0.537. The maximum absolute atomic E-state index is 5.89. The first-order valence-electron chi connectivity index (χ1n) is 3.59. The van der Waals surface area contributed by atoms with Gasteiger partial charge in [0.1, 0.15) is 5.01 Å². The van der Waals surface area contributed by atoms with Gasteiger partial charge in [-0.05, 0) is 34.7 Å². The smallest absolute Gasteiger partial charge is 0.191 e. The van der Waals surface area contributed by atoms with Gasteiger partial charge in [-0.15, -0.1) is 0 Å². The quantitative estimate of drug-likeness (QED) is 0.544. The van der Waals surface area contributed by atoms with Gasteiger partial charge in [0.15, 0.2) is 3.95 Å². The van der Waals surface area contributed by atoms with Crippen LogP contribution >= 0.6 is 56.1 Å². The normalized spacial score (nSPS) is 10.4. The largest absolute Gasteiger partial charge is 0.214 e. The molecule has 0 radical (unpaired) electrons. The van der Waals surface area contributed by atoms with Crippen LogP contribution in [0.15, 0.2) is 18.2 Å². The number of nitrogens with zero attached hydrogens (tertiary/aromatic N) is 1. The van der Waals surface area contributed by atoms with Gasteiger partial charge in [-0.2, -0.15) is 0 Å². The lowest BCUT2D eigenvalue weighted by atomic mass is 10.2. The second-order valence-corrected chi connectivity index (χ2v) is 6.04. The van der Waals surface area contributed by atoms with Crippen LogP contribution in [0.5, 0.6) is 0 Å². The van der Waals surface area contributed by atoms with E-state index in [4.69, 9.17) is 35.4 Å². The molecule has 0 aliphatic heterocycles. The molecule has 1 nitrogen and oxygen atoms in total. The Morgan fingerprint density at radius 1 is 1.14 bits per heavy atom. The molecule has 1 aromatic heterocycles. The van der Waals surface area contributed by atoms with Crippen LogP contribution in [-0.2, 0) is 0 Å². The van der Waals surface area contributed by atoms with Gasteiger partial charge in [0.2, 0.25) is 0 Å². The zero-order valence-corrected chi connectivity index (χ0v) is 10.6. The van der Waals surface area contributed by atoms with Crippen molar-refractivity contribution in [1.29, 1.82) is 0 Å². The highest BCUT2D eigenvalue weighted by Crippen LogP contribution is 2.31. The number of hydrogen-bond acceptors (Lipinski definition) is 4. The second kappa shape index (κ2) is 4.24. The Kier molecular flexibility index (Phi) is 3.19. The lowest BCUT2D eigenvalue weighted by Crippen LogP contribution is -1.76. The van der Waals surface area contributed by atoms with Crippen molar-refractivity contribution in [1.82, 2.24) is 4.98 Å². The van der Waals surface area contributed by atoms with Crippen LogP contribution in [0.4, 0.5) is 0 Å². The zero-order chi connectivity index (χ0) is 10.1. The Bertz CT molecular complexity index is 517. The molecule has 0 unspecified atom stereocenters. The molecule has 6 heteroatoms. The van der Waals surface area contributed by atoms with Crippen LogP contribution in [0, 0.1) is 3.95 Å². The van der Waals surface area contributed by atoms with Crippen molar-refractivity contribution in [2.45, 2.75) is 0 Å². The average molecular weight is 280 g/mol. The molecule has 0 bridgehead atoms. The van der Waals surface area contributed by atoms with Crippen LogP contribution in [0.25, 0.3) is 10.6 Å². The number of benzene rings is 1. The summed E-state index contributed by atoms with van der Waals surface area (Å²) in [6.45, 7) is 0. The van der Waals surface area contributed by atoms with Crippen LogP contribution in [-0.4, -0.2) is 4.98 Å². The van der Waals surface area contributed by atoms with E-state index >= 15 is 0 Å². The highest BCUT2D eigenvalue weighted by molar-refractivity contribution is 7.79. The summed E-state index contributed by atoms with van der Waals surface area (Å²) in [5.41, 5.74) is 0.955. The molecule has 1 heterocycles. The SMILES string of the molecule is S=c1nc(-c2ccc(Cl)c(Cl)c2)ss1. The highest BCUT2D eigenvalue weighted by atomic mass is 35.5. The van der Waals surface area contributed by atoms with Gasteiger partial charge in [-0.3, -0.25) is 0 Å². The molecule has 0 aliphatic rings. The monoisotopic (exact) mass is 279 g/mol. The molecule has 0 atom stereocenters. The summed E-state index contributed by atoms with van der Waals surface area (Å²) in [4.78, 5) is 4.20. The molecule has 0 saturated heterocycles. The highest BCUT2D eigenvalue weighted by Gasteiger charge is 2.04. The Hall–Kier alpha value is -0.000000000000000111. The van der Waals surface area contributed by atoms with Gasteiger partial charge in [-0.1, -0.05) is 39.6 Å². The van der Waals surface area contributed by atoms with Crippen molar-refractivity contribution in [2.24, 2.45) is 0 Å². The summed E-state index contributed by atoms with van der Waals surface area (Å²) in [7, 11) is 3.02. The van der Waals surface area contributed by atoms with E-state index in [2.05, 4.69) is 4.98 Å². The fraction of sp³-hybridized carbons (Fsp3) is 0. The summed E-state index contributed by atoms with van der Waals surface area (Å²) in [6, 6.07) is 5.44. The summed E-state index contributed by atoms with van der Waals surface area (Å²) < 4.78 is 0.649. The molecule has 2 rings (SSSR count). The van der Waals surface area contributed by atoms with E-state index in [1.54, 1.807) is 22.5 Å². The van der Waals surface area contributed by atoms with Crippen LogP contribution in [0.1, 0.15) is 0 Å². The third-order valence-electron chi connectivity index (χ3n) is 1.55. The predicted molar refractivity (Wildman–Crippen MR) is 66.3 cm³/mol. The average Bonchev–Trinajstić information content (AvgIpc) is 2.57. The van der Waals surface area contributed by atoms with Crippen molar-refractivity contribution in [3.05, 3.63) is 32.2 Å². The molecular formula is C8H3Cl2NS3. The summed E-state index contributed by atoms with van der Waals surface area (Å²) in [6.07, 6.45) is 0. The van der Waals surface area contributed by atoms with Crippen LogP contribution in [0.3, 0.4) is 0 Å². The van der Waals surface area contributed by atoms with Crippen molar-refractivity contribution in [2.75, 3.05) is 0 Å². The molecule has 0 aliphatic carbocycles. The van der Waals surface area contributed by atoms with E-state index in [0.29, 0.717) is 14.0 Å². The molecule has 14 heavy (non-hydrogen) atoms. The standard InChI is InChI=1S/C8H3Cl2NS3/c9-5-2-1-4(3-6(5)10)7-11-8(12)14-13-7/h1-3H. The van der Waals surface area contributed by atoms with Gasteiger partial charge in [0.25, 0.3) is 0 Å². The van der Waals surface area contributed by atoms with E-state index in [1.807, 2.05) is 6.07 Å². The Balaban J connectivity index is 2.52. The van der Waals surface area contributed by atoms with Crippen molar-refractivity contribution in [3.8, 4) is 10.6 Å². The van der Waals surface area contributed by atoms with Crippen LogP contribution < -0.4 is 0 Å². The van der Waals surface area contributed by atoms with E-state index in [9.17, 15) is 0 Å². The number of hydrogen-bond donors (Lipinski definition) is 0. The summed E-state index contributed by atoms with van der Waals surface area (Å²) in [5, 5.41) is 1.98. The van der Waals surface area contributed by atoms with Gasteiger partial charge < -0.3 is 0 Å². The van der Waals surface area contributed by atoms with Gasteiger partial charge in [0, 0.05) is 5.56 Å². The van der Waals surface area contributed by atoms with E-state index in [1.165, 1.54) is 10.3 Å². The second-order valence-electron chi connectivity index (χ2n) is 2.48. The fourth-order valence-electron chi connectivity index (χ4n) is 0.937. The molecule has 72 valence electrons. The Labute approximate surface area is 103 Å². The van der Waals surface area contributed by atoms with Crippen molar-refractivity contribution >= 4 is 56.1 Å². The molecule has 0 saturated carbocycles. The fourth-order valence-corrected chi connectivity index (χ4v) is 3.34. The minimum Gasteiger partial charge on any atom is -0.214 e. The number of aromatic nitrogens is 1. The predicted octanol–water partition coefficient (Wildman–Crippen LogP) is 4.91. The molecule has 2 aromatic rings. The van der Waals surface area contributed by atoms with E-state index in [0.717, 1.165) is 10.6 Å². The number of halogens is 2. The topological polar surface area (TPSA) is 12.9 Å². The van der Waals surface area contributed by atoms with Gasteiger partial charge in [-0.25, -0.2) is 4.98 Å². The third kappa shape index (κ3) is 2.15. The van der Waals surface area contributed by atoms with Gasteiger partial charge in [0.05, 0.1) is 10.0 Å². The van der Waals surface area contributed by atoms with E-state index in [-0.39, 0.29) is 0 Å². The van der Waals surface area contributed by atoms with Gasteiger partial charge >= 0.3 is 0 Å². The van der Waals surface area contributed by atoms with E-state index < -0.39 is 0 Å². The zero-order valence-electron chi connectivity index (χ0n) is 6.66. The molecule has 0 amide bonds. The molecule has 1 aromatic carbocycles. The molecular weight excluding hydrogens is 277 g/mol. The Morgan fingerprint density at radius 2 is 1.93 bits per heavy atom. The maximum Gasteiger partial charge on any atom is 0.191 e. The molecule has 0 spiro atoms. The third-order valence-corrected chi connectivity index (χ3v) is 4.95. The number of rotatable bonds is 1. The lowest BCUT2D eigenvalue weighted by Gasteiger charge is -1.97. The first-order chi connectivity index (χ1) is 6.66. The van der Waals surface area contributed by atoms with Crippen molar-refractivity contribution < 1.29 is 0 Å². The first kappa shape index (κ1) is 10.5. The van der Waals surface area contributed by atoms with Crippen molar-refractivity contribution in [3.63, 3.8) is 0 Å². The first-order valence-corrected chi connectivity index (χ1v) is 6.91. The summed E-state index contributed by atoms with van der Waals surface area (Å²) >= 11 is 16.6. The van der Waals surface area contributed by atoms with Crippen LogP contribution in [0.2, 0.25) is 10.0 Å². The molecule has 0 fully saturated rings. The Morgan fingerprint density at radius 3 is 2.50 bits per heavy atom. The summed E-state index contributed by atoms with van der Waals surface area (Å²) in [5.74, 6) is 0. The lowest BCUT2D eigenvalue weighted by molar-refractivity contribution is 1.41. The molecule has 0 N–H and O–H groups in total. The minimum absolute atomic E-state index is 0.537. The maximum atomic E-state index is 5.89.